The number of hydrogen-bond acceptors (Lipinski definition) is 4. The minimum Gasteiger partial charge on any atom is -0.314 e. The van der Waals surface area contributed by atoms with E-state index < -0.39 is 0 Å². The van der Waals surface area contributed by atoms with Crippen LogP contribution < -0.4 is 5.32 Å². The molecule has 0 amide bonds. The second kappa shape index (κ2) is 7.58. The Morgan fingerprint density at radius 1 is 1.05 bits per heavy atom. The van der Waals surface area contributed by atoms with Crippen LogP contribution in [-0.4, -0.2) is 86.7 Å². The molecule has 2 rings (SSSR count). The van der Waals surface area contributed by atoms with E-state index in [1.165, 1.54) is 65.1 Å². The molecule has 0 aromatic rings. The summed E-state index contributed by atoms with van der Waals surface area (Å²) in [5, 5.41) is 3.76. The molecule has 19 heavy (non-hydrogen) atoms. The lowest BCUT2D eigenvalue weighted by Crippen LogP contribution is -2.47. The van der Waals surface area contributed by atoms with Crippen LogP contribution in [0.4, 0.5) is 0 Å². The molecule has 2 heterocycles. The van der Waals surface area contributed by atoms with Gasteiger partial charge in [-0.1, -0.05) is 0 Å². The Morgan fingerprint density at radius 2 is 1.79 bits per heavy atom. The third-order valence-electron chi connectivity index (χ3n) is 4.89. The van der Waals surface area contributed by atoms with Crippen molar-refractivity contribution < 1.29 is 0 Å². The van der Waals surface area contributed by atoms with E-state index in [2.05, 4.69) is 41.0 Å². The second-order valence-corrected chi connectivity index (χ2v) is 6.50. The van der Waals surface area contributed by atoms with Gasteiger partial charge in [0.1, 0.15) is 0 Å². The van der Waals surface area contributed by atoms with Crippen molar-refractivity contribution in [2.24, 2.45) is 0 Å². The molecule has 0 saturated carbocycles. The second-order valence-electron chi connectivity index (χ2n) is 6.50. The zero-order valence-corrected chi connectivity index (χ0v) is 13.1. The Morgan fingerprint density at radius 3 is 2.47 bits per heavy atom. The summed E-state index contributed by atoms with van der Waals surface area (Å²) in [5.41, 5.74) is 0. The minimum atomic E-state index is 0.740. The molecule has 4 nitrogen and oxygen atoms in total. The van der Waals surface area contributed by atoms with Crippen molar-refractivity contribution in [1.82, 2.24) is 20.0 Å². The van der Waals surface area contributed by atoms with Gasteiger partial charge in [-0.25, -0.2) is 0 Å². The number of piperidine rings is 1. The maximum Gasteiger partial charge on any atom is 0.0110 e. The number of rotatable bonds is 5. The molecule has 112 valence electrons. The van der Waals surface area contributed by atoms with Gasteiger partial charge in [-0.05, 0) is 59.9 Å². The van der Waals surface area contributed by atoms with Gasteiger partial charge in [0.2, 0.25) is 0 Å². The molecule has 0 aliphatic carbocycles. The Labute approximate surface area is 119 Å². The fourth-order valence-electron chi connectivity index (χ4n) is 3.16. The number of hydrogen-bond donors (Lipinski definition) is 1. The van der Waals surface area contributed by atoms with E-state index in [4.69, 9.17) is 0 Å². The van der Waals surface area contributed by atoms with Crippen molar-refractivity contribution >= 4 is 0 Å². The molecule has 0 spiro atoms. The summed E-state index contributed by atoms with van der Waals surface area (Å²) in [4.78, 5) is 7.51. The van der Waals surface area contributed by atoms with Gasteiger partial charge in [0, 0.05) is 38.3 Å². The summed E-state index contributed by atoms with van der Waals surface area (Å²) >= 11 is 0. The Hall–Kier alpha value is -0.160. The van der Waals surface area contributed by atoms with Crippen molar-refractivity contribution in [3.05, 3.63) is 0 Å². The lowest BCUT2D eigenvalue weighted by atomic mass is 9.99. The number of nitrogens with one attached hydrogen (secondary N) is 1. The van der Waals surface area contributed by atoms with Crippen LogP contribution in [0.15, 0.2) is 0 Å². The summed E-state index contributed by atoms with van der Waals surface area (Å²) < 4.78 is 0. The molecule has 4 heteroatoms. The molecule has 2 saturated heterocycles. The van der Waals surface area contributed by atoms with Crippen LogP contribution in [0.3, 0.4) is 0 Å². The first-order valence-electron chi connectivity index (χ1n) is 7.99. The van der Waals surface area contributed by atoms with Crippen molar-refractivity contribution in [1.29, 1.82) is 0 Å². The van der Waals surface area contributed by atoms with E-state index in [-0.39, 0.29) is 0 Å². The third kappa shape index (κ3) is 5.03. The van der Waals surface area contributed by atoms with Gasteiger partial charge in [-0.3, -0.25) is 0 Å². The zero-order valence-electron chi connectivity index (χ0n) is 13.1. The highest BCUT2D eigenvalue weighted by Crippen LogP contribution is 2.15. The number of piperazine rings is 1. The van der Waals surface area contributed by atoms with Crippen LogP contribution in [0, 0.1) is 0 Å². The first-order valence-corrected chi connectivity index (χ1v) is 7.99. The fourth-order valence-corrected chi connectivity index (χ4v) is 3.16. The molecule has 0 radical (unpaired) electrons. The van der Waals surface area contributed by atoms with Crippen LogP contribution in [0.25, 0.3) is 0 Å². The molecule has 0 aromatic heterocycles. The topological polar surface area (TPSA) is 21.8 Å². The van der Waals surface area contributed by atoms with E-state index in [1.54, 1.807) is 0 Å². The molecule has 0 aromatic carbocycles. The first kappa shape index (κ1) is 15.2. The fraction of sp³-hybridized carbons (Fsp3) is 1.00. The standard InChI is InChI=1S/C15H32N4/c1-14-13-15(5-8-18(14)3)16-6-4-7-19-11-9-17(2)10-12-19/h14-16H,4-13H2,1-3H3. The van der Waals surface area contributed by atoms with E-state index in [0.717, 1.165) is 12.1 Å². The number of nitrogens with zero attached hydrogens (tertiary/aromatic N) is 3. The quantitative estimate of drug-likeness (QED) is 0.741. The predicted molar refractivity (Wildman–Crippen MR) is 81.7 cm³/mol. The SMILES string of the molecule is CC1CC(NCCCN2CCN(C)CC2)CCN1C. The number of likely N-dealkylation sites (N-methyl/N-ethyl adjacent to an activating group) is 1. The molecule has 2 aliphatic rings. The van der Waals surface area contributed by atoms with Gasteiger partial charge in [0.25, 0.3) is 0 Å². The minimum absolute atomic E-state index is 0.740. The lowest BCUT2D eigenvalue weighted by Gasteiger charge is -2.36. The molecular weight excluding hydrogens is 236 g/mol. The van der Waals surface area contributed by atoms with Gasteiger partial charge in [0.05, 0.1) is 0 Å². The van der Waals surface area contributed by atoms with E-state index in [1.807, 2.05) is 0 Å². The Balaban J connectivity index is 1.52. The molecule has 2 atom stereocenters. The largest absolute Gasteiger partial charge is 0.314 e. The van der Waals surface area contributed by atoms with Gasteiger partial charge in [0.15, 0.2) is 0 Å². The molecule has 2 fully saturated rings. The van der Waals surface area contributed by atoms with Crippen molar-refractivity contribution in [2.75, 3.05) is 59.9 Å². The van der Waals surface area contributed by atoms with Crippen LogP contribution in [0.1, 0.15) is 26.2 Å². The first-order chi connectivity index (χ1) is 9.15. The molecular formula is C15H32N4. The monoisotopic (exact) mass is 268 g/mol. The Bertz CT molecular complexity index is 251. The smallest absolute Gasteiger partial charge is 0.0110 e. The van der Waals surface area contributed by atoms with Crippen molar-refractivity contribution in [3.63, 3.8) is 0 Å². The summed E-state index contributed by atoms with van der Waals surface area (Å²) in [6.45, 7) is 11.0. The summed E-state index contributed by atoms with van der Waals surface area (Å²) in [7, 11) is 4.47. The predicted octanol–water partition coefficient (Wildman–Crippen LogP) is 0.696. The molecule has 2 unspecified atom stereocenters. The zero-order chi connectivity index (χ0) is 13.7. The van der Waals surface area contributed by atoms with Gasteiger partial charge in [-0.15, -0.1) is 0 Å². The van der Waals surface area contributed by atoms with E-state index in [9.17, 15) is 0 Å². The molecule has 0 bridgehead atoms. The van der Waals surface area contributed by atoms with Gasteiger partial charge >= 0.3 is 0 Å². The summed E-state index contributed by atoms with van der Waals surface area (Å²) in [5.74, 6) is 0. The van der Waals surface area contributed by atoms with Crippen LogP contribution in [0.5, 0.6) is 0 Å². The lowest BCUT2D eigenvalue weighted by molar-refractivity contribution is 0.148. The van der Waals surface area contributed by atoms with Crippen molar-refractivity contribution in [2.45, 2.75) is 38.3 Å². The van der Waals surface area contributed by atoms with Crippen molar-refractivity contribution in [3.8, 4) is 0 Å². The maximum atomic E-state index is 3.76. The summed E-state index contributed by atoms with van der Waals surface area (Å²) in [6.07, 6.45) is 3.92. The van der Waals surface area contributed by atoms with Crippen LogP contribution >= 0.6 is 0 Å². The average molecular weight is 268 g/mol. The van der Waals surface area contributed by atoms with Crippen LogP contribution in [-0.2, 0) is 0 Å². The number of likely N-dealkylation sites (tertiary alicyclic amines) is 1. The molecule has 1 N–H and O–H groups in total. The Kier molecular flexibility index (Phi) is 6.07. The summed E-state index contributed by atoms with van der Waals surface area (Å²) in [6, 6.07) is 1.49. The normalized spacial score (nSPS) is 31.7. The van der Waals surface area contributed by atoms with Gasteiger partial charge < -0.3 is 20.0 Å². The van der Waals surface area contributed by atoms with E-state index in [0.29, 0.717) is 0 Å². The average Bonchev–Trinajstić information content (AvgIpc) is 2.41. The maximum absolute atomic E-state index is 3.76. The van der Waals surface area contributed by atoms with Crippen LogP contribution in [0.2, 0.25) is 0 Å². The highest BCUT2D eigenvalue weighted by atomic mass is 15.2. The van der Waals surface area contributed by atoms with E-state index >= 15 is 0 Å². The highest BCUT2D eigenvalue weighted by Gasteiger charge is 2.22. The highest BCUT2D eigenvalue weighted by molar-refractivity contribution is 4.81. The van der Waals surface area contributed by atoms with Gasteiger partial charge in [-0.2, -0.15) is 0 Å². The molecule has 2 aliphatic heterocycles. The third-order valence-corrected chi connectivity index (χ3v) is 4.89.